The Balaban J connectivity index is 1.44. The fourth-order valence-electron chi connectivity index (χ4n) is 4.04. The lowest BCUT2D eigenvalue weighted by Crippen LogP contribution is -2.66. The molecule has 0 bridgehead atoms. The first-order valence-corrected chi connectivity index (χ1v) is 9.26. The maximum atomic E-state index is 10.7. The molecule has 3 aromatic rings. The van der Waals surface area contributed by atoms with Crippen molar-refractivity contribution in [3.63, 3.8) is 0 Å². The van der Waals surface area contributed by atoms with Gasteiger partial charge in [-0.2, -0.15) is 5.10 Å². The van der Waals surface area contributed by atoms with E-state index in [0.717, 1.165) is 59.9 Å². The summed E-state index contributed by atoms with van der Waals surface area (Å²) >= 11 is 0. The zero-order valence-electron chi connectivity index (χ0n) is 15.6. The Labute approximate surface area is 161 Å². The minimum atomic E-state index is -1.03. The average Bonchev–Trinajstić information content (AvgIpc) is 3.01. The quantitative estimate of drug-likeness (QED) is 0.723. The maximum absolute atomic E-state index is 10.7. The third kappa shape index (κ3) is 2.77. The Morgan fingerprint density at radius 2 is 2.14 bits per heavy atom. The van der Waals surface area contributed by atoms with E-state index in [1.165, 1.54) is 0 Å². The van der Waals surface area contributed by atoms with E-state index in [1.807, 2.05) is 35.8 Å². The molecule has 1 aromatic carbocycles. The number of rotatable bonds is 4. The molecule has 0 unspecified atom stereocenters. The lowest BCUT2D eigenvalue weighted by Gasteiger charge is -2.55. The second-order valence-corrected chi connectivity index (χ2v) is 7.79. The van der Waals surface area contributed by atoms with Crippen molar-refractivity contribution in [2.45, 2.75) is 13.5 Å². The van der Waals surface area contributed by atoms with Crippen LogP contribution in [0, 0.1) is 12.3 Å². The van der Waals surface area contributed by atoms with Crippen molar-refractivity contribution >= 4 is 17.3 Å². The summed E-state index contributed by atoms with van der Waals surface area (Å²) in [5.74, 6) is 0. The number of ether oxygens (including phenoxy) is 1. The van der Waals surface area contributed by atoms with Crippen molar-refractivity contribution in [1.82, 2.24) is 19.9 Å². The zero-order valence-corrected chi connectivity index (χ0v) is 15.6. The van der Waals surface area contributed by atoms with Gasteiger partial charge in [-0.15, -0.1) is 0 Å². The number of nitrogens with one attached hydrogen (secondary N) is 1. The molecule has 2 N–H and O–H groups in total. The van der Waals surface area contributed by atoms with Crippen LogP contribution in [-0.4, -0.2) is 52.1 Å². The van der Waals surface area contributed by atoms with Gasteiger partial charge in [0.15, 0.2) is 0 Å². The highest BCUT2D eigenvalue weighted by Gasteiger charge is 2.49. The van der Waals surface area contributed by atoms with E-state index >= 15 is 0 Å². The van der Waals surface area contributed by atoms with Gasteiger partial charge in [-0.05, 0) is 30.2 Å². The summed E-state index contributed by atoms with van der Waals surface area (Å²) in [4.78, 5) is 17.6. The summed E-state index contributed by atoms with van der Waals surface area (Å²) in [6.07, 6.45) is 2.59. The van der Waals surface area contributed by atoms with Gasteiger partial charge in [0, 0.05) is 25.2 Å². The summed E-state index contributed by atoms with van der Waals surface area (Å²) in [6.45, 7) is 6.05. The number of fused-ring (bicyclic) bond motifs is 1. The molecule has 2 saturated heterocycles. The van der Waals surface area contributed by atoms with E-state index in [1.54, 1.807) is 6.33 Å². The average molecular weight is 379 g/mol. The van der Waals surface area contributed by atoms with E-state index < -0.39 is 6.09 Å². The van der Waals surface area contributed by atoms with Gasteiger partial charge in [-0.25, -0.2) is 14.3 Å². The van der Waals surface area contributed by atoms with Crippen molar-refractivity contribution in [1.29, 1.82) is 0 Å². The van der Waals surface area contributed by atoms with Crippen LogP contribution in [0.15, 0.2) is 36.8 Å². The Hall–Kier alpha value is -3.13. The van der Waals surface area contributed by atoms with E-state index in [2.05, 4.69) is 26.4 Å². The van der Waals surface area contributed by atoms with Gasteiger partial charge < -0.3 is 20.1 Å². The van der Waals surface area contributed by atoms with Gasteiger partial charge in [-0.1, -0.05) is 12.1 Å². The van der Waals surface area contributed by atoms with Gasteiger partial charge in [0.25, 0.3) is 0 Å². The van der Waals surface area contributed by atoms with Crippen molar-refractivity contribution in [3.8, 4) is 11.3 Å². The van der Waals surface area contributed by atoms with E-state index in [4.69, 9.17) is 9.84 Å². The van der Waals surface area contributed by atoms with Gasteiger partial charge >= 0.3 is 6.09 Å². The molecular formula is C20H21N5O3. The van der Waals surface area contributed by atoms with E-state index in [0.29, 0.717) is 5.41 Å². The third-order valence-corrected chi connectivity index (χ3v) is 5.67. The molecule has 4 heterocycles. The highest BCUT2D eigenvalue weighted by atomic mass is 16.5. The lowest BCUT2D eigenvalue weighted by atomic mass is 9.78. The molecule has 5 rings (SSSR count). The summed E-state index contributed by atoms with van der Waals surface area (Å²) in [6, 6.07) is 8.10. The Morgan fingerprint density at radius 1 is 1.32 bits per heavy atom. The van der Waals surface area contributed by atoms with Crippen LogP contribution in [0.3, 0.4) is 0 Å². The summed E-state index contributed by atoms with van der Waals surface area (Å²) in [5.41, 5.74) is 6.28. The molecule has 2 aromatic heterocycles. The van der Waals surface area contributed by atoms with Crippen LogP contribution in [-0.2, 0) is 11.3 Å². The van der Waals surface area contributed by atoms with Gasteiger partial charge in [0.2, 0.25) is 0 Å². The number of aromatic nitrogens is 3. The summed E-state index contributed by atoms with van der Waals surface area (Å²) in [7, 11) is 0. The van der Waals surface area contributed by atoms with Gasteiger partial charge in [0.1, 0.15) is 6.33 Å². The van der Waals surface area contributed by atoms with Gasteiger partial charge in [0.05, 0.1) is 41.7 Å². The molecule has 8 nitrogen and oxygen atoms in total. The van der Waals surface area contributed by atoms with Crippen LogP contribution >= 0.6 is 0 Å². The van der Waals surface area contributed by atoms with Crippen LogP contribution in [0.4, 0.5) is 10.5 Å². The monoisotopic (exact) mass is 379 g/mol. The molecule has 0 aliphatic carbocycles. The number of carbonyl (C=O) groups is 1. The minimum absolute atomic E-state index is 0.288. The molecule has 144 valence electrons. The zero-order chi connectivity index (χ0) is 19.3. The summed E-state index contributed by atoms with van der Waals surface area (Å²) in [5, 5.41) is 15.6. The number of hydrogen-bond donors (Lipinski definition) is 2. The molecule has 0 atom stereocenters. The van der Waals surface area contributed by atoms with Crippen LogP contribution in [0.5, 0.6) is 0 Å². The van der Waals surface area contributed by atoms with Gasteiger partial charge in [-0.3, -0.25) is 0 Å². The Morgan fingerprint density at radius 3 is 2.82 bits per heavy atom. The summed E-state index contributed by atoms with van der Waals surface area (Å²) < 4.78 is 7.23. The lowest BCUT2D eigenvalue weighted by molar-refractivity contribution is -0.127. The fraction of sp³-hybridized carbons (Fsp3) is 0.350. The standard InChI is InChI=1S/C20H21N5O3/c1-13-4-14(2-3-15(13)6-21-19(26)27)18-17-5-16(7-25(17)23-12-22-18)24-8-20(9-24)10-28-11-20/h2-5,7,12,21H,6,8-11H2,1H3,(H,26,27). The third-order valence-electron chi connectivity index (χ3n) is 5.67. The molecule has 0 radical (unpaired) electrons. The topological polar surface area (TPSA) is 92.0 Å². The number of nitrogens with zero attached hydrogens (tertiary/aromatic N) is 4. The second kappa shape index (κ2) is 6.20. The minimum Gasteiger partial charge on any atom is -0.465 e. The maximum Gasteiger partial charge on any atom is 0.404 e. The number of anilines is 1. The van der Waals surface area contributed by atoms with E-state index in [9.17, 15) is 4.79 Å². The molecule has 1 amide bonds. The van der Waals surface area contributed by atoms with Crippen molar-refractivity contribution < 1.29 is 14.6 Å². The molecule has 8 heteroatoms. The Kier molecular flexibility index (Phi) is 3.77. The largest absolute Gasteiger partial charge is 0.465 e. The first kappa shape index (κ1) is 17.0. The number of benzene rings is 1. The van der Waals surface area contributed by atoms with Crippen molar-refractivity contribution in [2.75, 3.05) is 31.2 Å². The number of amides is 1. The fourth-order valence-corrected chi connectivity index (χ4v) is 4.04. The molecule has 2 aliphatic heterocycles. The molecule has 1 spiro atoms. The predicted octanol–water partition coefficient (Wildman–Crippen LogP) is 2.31. The van der Waals surface area contributed by atoms with Crippen LogP contribution in [0.2, 0.25) is 0 Å². The SMILES string of the molecule is Cc1cc(-c2ncnn3cc(N4CC5(COC5)C4)cc23)ccc1CNC(=O)O. The van der Waals surface area contributed by atoms with Crippen LogP contribution in [0.1, 0.15) is 11.1 Å². The second-order valence-electron chi connectivity index (χ2n) is 7.79. The van der Waals surface area contributed by atoms with Crippen LogP contribution in [0.25, 0.3) is 16.8 Å². The molecular weight excluding hydrogens is 358 g/mol. The first-order chi connectivity index (χ1) is 13.5. The number of carboxylic acid groups (broad SMARTS) is 1. The normalized spacial score (nSPS) is 17.4. The highest BCUT2D eigenvalue weighted by molar-refractivity contribution is 5.80. The van der Waals surface area contributed by atoms with Crippen molar-refractivity contribution in [3.05, 3.63) is 47.9 Å². The van der Waals surface area contributed by atoms with E-state index in [-0.39, 0.29) is 6.54 Å². The molecule has 2 aliphatic rings. The molecule has 28 heavy (non-hydrogen) atoms. The smallest absolute Gasteiger partial charge is 0.404 e. The molecule has 0 saturated carbocycles. The first-order valence-electron chi connectivity index (χ1n) is 9.26. The predicted molar refractivity (Wildman–Crippen MR) is 103 cm³/mol. The number of aryl methyl sites for hydroxylation is 1. The molecule has 2 fully saturated rings. The highest BCUT2D eigenvalue weighted by Crippen LogP contribution is 2.41. The van der Waals surface area contributed by atoms with Crippen LogP contribution < -0.4 is 10.2 Å². The van der Waals surface area contributed by atoms with Crippen molar-refractivity contribution in [2.24, 2.45) is 5.41 Å². The number of hydrogen-bond acceptors (Lipinski definition) is 5. The Bertz CT molecular complexity index is 1060.